The van der Waals surface area contributed by atoms with E-state index < -0.39 is 5.82 Å². The number of aliphatic imine (C=N–C) groups is 1. The molecule has 2 aromatic carbocycles. The van der Waals surface area contributed by atoms with Gasteiger partial charge in [0.2, 0.25) is 0 Å². The number of anilines is 1. The van der Waals surface area contributed by atoms with Crippen LogP contribution in [0.3, 0.4) is 0 Å². The van der Waals surface area contributed by atoms with Gasteiger partial charge in [-0.05, 0) is 42.8 Å². The van der Waals surface area contributed by atoms with E-state index >= 15 is 0 Å². The molecule has 0 amide bonds. The predicted octanol–water partition coefficient (Wildman–Crippen LogP) is 5.36. The van der Waals surface area contributed by atoms with E-state index in [4.69, 9.17) is 4.74 Å². The van der Waals surface area contributed by atoms with Crippen molar-refractivity contribution in [3.8, 4) is 5.75 Å². The van der Waals surface area contributed by atoms with Gasteiger partial charge in [0.05, 0.1) is 19.2 Å². The minimum Gasteiger partial charge on any atom is -0.497 e. The molecule has 0 radical (unpaired) electrons. The lowest BCUT2D eigenvalue weighted by molar-refractivity contribution is 0.0998. The zero-order valence-corrected chi connectivity index (χ0v) is 18.8. The van der Waals surface area contributed by atoms with Crippen molar-refractivity contribution < 1.29 is 13.9 Å². The Morgan fingerprint density at radius 1 is 1.30 bits per heavy atom. The molecule has 1 aliphatic heterocycles. The highest BCUT2D eigenvalue weighted by atomic mass is 79.9. The van der Waals surface area contributed by atoms with Crippen molar-refractivity contribution >= 4 is 61.3 Å². The zero-order valence-electron chi connectivity index (χ0n) is 14.7. The summed E-state index contributed by atoms with van der Waals surface area (Å²) < 4.78 is 20.2. The number of nitrogens with zero attached hydrogens (tertiary/aromatic N) is 2. The Balaban J connectivity index is 0.00000261. The lowest BCUT2D eigenvalue weighted by Crippen LogP contribution is -2.35. The van der Waals surface area contributed by atoms with E-state index in [9.17, 15) is 9.18 Å². The molecule has 0 aliphatic carbocycles. The number of methoxy groups -OCH3 is 1. The van der Waals surface area contributed by atoms with Gasteiger partial charge in [0, 0.05) is 28.5 Å². The van der Waals surface area contributed by atoms with Crippen LogP contribution in [0.15, 0.2) is 51.9 Å². The number of halogens is 3. The number of ether oxygens (including phenoxy) is 1. The lowest BCUT2D eigenvalue weighted by atomic mass is 10.1. The molecule has 0 N–H and O–H groups in total. The Kier molecular flexibility index (Phi) is 8.31. The number of carbonyl (C=O) groups excluding carboxylic acids is 1. The molecule has 1 heterocycles. The van der Waals surface area contributed by atoms with E-state index in [-0.39, 0.29) is 34.9 Å². The van der Waals surface area contributed by atoms with E-state index in [2.05, 4.69) is 20.9 Å². The summed E-state index contributed by atoms with van der Waals surface area (Å²) in [7, 11) is 1.46. The summed E-state index contributed by atoms with van der Waals surface area (Å²) in [6, 6.07) is 11.9. The third-order valence-corrected chi connectivity index (χ3v) is 5.56. The second kappa shape index (κ2) is 10.2. The maximum Gasteiger partial charge on any atom is 0.185 e. The monoisotopic (exact) mass is 516 g/mol. The summed E-state index contributed by atoms with van der Waals surface area (Å²) in [5, 5.41) is 0.792. The molecular formula is C19H19Br2FN2O2S. The molecule has 3 rings (SSSR count). The first-order valence-corrected chi connectivity index (χ1v) is 9.93. The Hall–Kier alpha value is -1.38. The molecule has 4 nitrogen and oxygen atoms in total. The first-order valence-electron chi connectivity index (χ1n) is 8.15. The summed E-state index contributed by atoms with van der Waals surface area (Å²) in [6.07, 6.45) is 1.02. The molecule has 0 bridgehead atoms. The summed E-state index contributed by atoms with van der Waals surface area (Å²) in [4.78, 5) is 19.2. The van der Waals surface area contributed by atoms with Crippen molar-refractivity contribution in [1.82, 2.24) is 0 Å². The predicted molar refractivity (Wildman–Crippen MR) is 118 cm³/mol. The van der Waals surface area contributed by atoms with Gasteiger partial charge in [-0.2, -0.15) is 0 Å². The average molecular weight is 518 g/mol. The highest BCUT2D eigenvalue weighted by molar-refractivity contribution is 9.10. The molecule has 0 unspecified atom stereocenters. The summed E-state index contributed by atoms with van der Waals surface area (Å²) in [5.41, 5.74) is 0.901. The zero-order chi connectivity index (χ0) is 18.5. The van der Waals surface area contributed by atoms with Crippen molar-refractivity contribution in [3.63, 3.8) is 0 Å². The van der Waals surface area contributed by atoms with E-state index in [1.807, 2.05) is 29.2 Å². The van der Waals surface area contributed by atoms with Crippen molar-refractivity contribution in [2.75, 3.05) is 30.9 Å². The number of hydrogen-bond acceptors (Lipinski definition) is 5. The Bertz CT molecular complexity index is 831. The Morgan fingerprint density at radius 2 is 2.04 bits per heavy atom. The normalized spacial score (nSPS) is 13.4. The highest BCUT2D eigenvalue weighted by Crippen LogP contribution is 2.25. The van der Waals surface area contributed by atoms with Crippen molar-refractivity contribution in [2.24, 2.45) is 4.99 Å². The van der Waals surface area contributed by atoms with E-state index in [1.165, 1.54) is 19.2 Å². The summed E-state index contributed by atoms with van der Waals surface area (Å²) in [6.45, 7) is 0.761. The summed E-state index contributed by atoms with van der Waals surface area (Å²) in [5.74, 6) is 0.457. The number of rotatable bonds is 5. The molecular weight excluding hydrogens is 499 g/mol. The van der Waals surface area contributed by atoms with Crippen LogP contribution in [-0.2, 0) is 0 Å². The second-order valence-corrected chi connectivity index (χ2v) is 7.68. The number of amidine groups is 1. The summed E-state index contributed by atoms with van der Waals surface area (Å²) >= 11 is 5.03. The minimum absolute atomic E-state index is 0. The van der Waals surface area contributed by atoms with Crippen LogP contribution < -0.4 is 9.64 Å². The largest absolute Gasteiger partial charge is 0.497 e. The molecule has 0 atom stereocenters. The highest BCUT2D eigenvalue weighted by Gasteiger charge is 2.22. The molecule has 8 heteroatoms. The molecule has 1 aliphatic rings. The molecule has 0 aromatic heterocycles. The number of thioether (sulfide) groups is 1. The van der Waals surface area contributed by atoms with Crippen molar-refractivity contribution in [3.05, 3.63) is 58.3 Å². The SMILES string of the molecule is Br.COc1ccc(C(=O)CN(C2=NCCCS2)c2ccc(Br)cc2)c(F)c1. The van der Waals surface area contributed by atoms with Gasteiger partial charge in [0.1, 0.15) is 11.6 Å². The molecule has 0 saturated carbocycles. The minimum atomic E-state index is -0.580. The maximum absolute atomic E-state index is 14.3. The number of hydrogen-bond donors (Lipinski definition) is 0. The fourth-order valence-corrected chi connectivity index (χ4v) is 3.81. The van der Waals surface area contributed by atoms with Crippen LogP contribution in [0.1, 0.15) is 16.8 Å². The quantitative estimate of drug-likeness (QED) is 0.501. The Morgan fingerprint density at radius 3 is 2.63 bits per heavy atom. The topological polar surface area (TPSA) is 41.9 Å². The van der Waals surface area contributed by atoms with Gasteiger partial charge >= 0.3 is 0 Å². The van der Waals surface area contributed by atoms with Gasteiger partial charge in [0.15, 0.2) is 11.0 Å². The van der Waals surface area contributed by atoms with E-state index in [0.29, 0.717) is 5.75 Å². The lowest BCUT2D eigenvalue weighted by Gasteiger charge is -2.27. The van der Waals surface area contributed by atoms with Gasteiger partial charge in [-0.25, -0.2) is 4.39 Å². The van der Waals surface area contributed by atoms with Crippen molar-refractivity contribution in [2.45, 2.75) is 6.42 Å². The van der Waals surface area contributed by atoms with E-state index in [0.717, 1.165) is 34.0 Å². The standard InChI is InChI=1S/C19H18BrFN2O2S.BrH/c1-25-15-7-8-16(17(21)11-15)18(24)12-23(19-22-9-2-10-26-19)14-5-3-13(20)4-6-14;/h3-8,11H,2,9-10,12H2,1H3;1H. The number of carbonyl (C=O) groups is 1. The number of Topliss-reactive ketones (excluding diaryl/α,β-unsaturated/α-hetero) is 1. The third kappa shape index (κ3) is 5.56. The van der Waals surface area contributed by atoms with Crippen LogP contribution in [0.2, 0.25) is 0 Å². The molecule has 144 valence electrons. The first-order chi connectivity index (χ1) is 12.6. The number of benzene rings is 2. The van der Waals surface area contributed by atoms with Crippen LogP contribution in [0, 0.1) is 5.82 Å². The van der Waals surface area contributed by atoms with Gasteiger partial charge in [-0.3, -0.25) is 9.79 Å². The molecule has 0 spiro atoms. The fraction of sp³-hybridized carbons (Fsp3) is 0.263. The van der Waals surface area contributed by atoms with Crippen LogP contribution in [0.4, 0.5) is 10.1 Å². The number of ketones is 1. The first kappa shape index (κ1) is 21.9. The third-order valence-electron chi connectivity index (χ3n) is 3.93. The van der Waals surface area contributed by atoms with Crippen LogP contribution in [0.25, 0.3) is 0 Å². The molecule has 0 saturated heterocycles. The average Bonchev–Trinajstić information content (AvgIpc) is 2.67. The molecule has 2 aromatic rings. The molecule has 27 heavy (non-hydrogen) atoms. The Labute approximate surface area is 181 Å². The van der Waals surface area contributed by atoms with Gasteiger partial charge in [0.25, 0.3) is 0 Å². The second-order valence-electron chi connectivity index (χ2n) is 5.70. The van der Waals surface area contributed by atoms with Crippen LogP contribution in [0.5, 0.6) is 5.75 Å². The van der Waals surface area contributed by atoms with Crippen LogP contribution >= 0.6 is 44.7 Å². The van der Waals surface area contributed by atoms with Gasteiger partial charge < -0.3 is 9.64 Å². The molecule has 0 fully saturated rings. The van der Waals surface area contributed by atoms with Gasteiger partial charge in [-0.15, -0.1) is 17.0 Å². The van der Waals surface area contributed by atoms with E-state index in [1.54, 1.807) is 17.8 Å². The van der Waals surface area contributed by atoms with Crippen LogP contribution in [-0.4, -0.2) is 36.9 Å². The smallest absolute Gasteiger partial charge is 0.185 e. The van der Waals surface area contributed by atoms with Gasteiger partial charge in [-0.1, -0.05) is 27.7 Å². The maximum atomic E-state index is 14.3. The fourth-order valence-electron chi connectivity index (χ4n) is 2.58. The van der Waals surface area contributed by atoms with Crippen molar-refractivity contribution in [1.29, 1.82) is 0 Å².